The third kappa shape index (κ3) is 4.51. The number of amides is 2. The van der Waals surface area contributed by atoms with E-state index >= 15 is 0 Å². The van der Waals surface area contributed by atoms with Gasteiger partial charge in [-0.3, -0.25) is 9.59 Å². The molecule has 3 N–H and O–H groups in total. The first-order chi connectivity index (χ1) is 11.6. The molecule has 7 heteroatoms. The van der Waals surface area contributed by atoms with Gasteiger partial charge in [-0.2, -0.15) is 0 Å². The van der Waals surface area contributed by atoms with Crippen molar-refractivity contribution in [3.05, 3.63) is 29.8 Å². The van der Waals surface area contributed by atoms with Gasteiger partial charge >= 0.3 is 0 Å². The standard InChI is InChI=1S/C18H25N3O3.ClH/c1-12-4-6-13(7-5-12)21-10-2-3-15(18(21)23)20-17(22)16-9-8-14(11-19)24-16;/h4-7,14-16H,2-3,8-11,19H2,1H3,(H,20,22);1H/t14-,15?,16+;/m1./s1. The molecule has 1 aromatic rings. The summed E-state index contributed by atoms with van der Waals surface area (Å²) in [5.74, 6) is -0.248. The van der Waals surface area contributed by atoms with Gasteiger partial charge in [0.1, 0.15) is 12.1 Å². The average Bonchev–Trinajstić information content (AvgIpc) is 3.07. The number of benzene rings is 1. The molecule has 2 aliphatic rings. The van der Waals surface area contributed by atoms with Crippen LogP contribution in [0.3, 0.4) is 0 Å². The molecule has 0 aromatic heterocycles. The molecule has 2 heterocycles. The normalized spacial score (nSPS) is 26.2. The number of hydrogen-bond acceptors (Lipinski definition) is 4. The number of aryl methyl sites for hydroxylation is 1. The predicted molar refractivity (Wildman–Crippen MR) is 98.9 cm³/mol. The van der Waals surface area contributed by atoms with Crippen molar-refractivity contribution >= 4 is 29.9 Å². The average molecular weight is 368 g/mol. The summed E-state index contributed by atoms with van der Waals surface area (Å²) in [6.07, 6.45) is 2.45. The van der Waals surface area contributed by atoms with Gasteiger partial charge in [-0.25, -0.2) is 0 Å². The summed E-state index contributed by atoms with van der Waals surface area (Å²) < 4.78 is 5.61. The fraction of sp³-hybridized carbons (Fsp3) is 0.556. The zero-order valence-electron chi connectivity index (χ0n) is 14.4. The minimum atomic E-state index is -0.485. The Morgan fingerprint density at radius 2 is 2.00 bits per heavy atom. The van der Waals surface area contributed by atoms with Crippen molar-refractivity contribution < 1.29 is 14.3 Å². The highest BCUT2D eigenvalue weighted by molar-refractivity contribution is 6.00. The molecule has 1 aromatic carbocycles. The van der Waals surface area contributed by atoms with Crippen molar-refractivity contribution in [1.82, 2.24) is 5.32 Å². The Balaban J connectivity index is 0.00000225. The van der Waals surface area contributed by atoms with Crippen LogP contribution in [0.1, 0.15) is 31.2 Å². The molecule has 2 amide bonds. The number of carbonyl (C=O) groups excluding carboxylic acids is 2. The number of hydrogen-bond donors (Lipinski definition) is 2. The van der Waals surface area contributed by atoms with E-state index < -0.39 is 12.1 Å². The smallest absolute Gasteiger partial charge is 0.249 e. The maximum Gasteiger partial charge on any atom is 0.249 e. The molecular formula is C18H26ClN3O3. The van der Waals surface area contributed by atoms with Crippen molar-refractivity contribution in [1.29, 1.82) is 0 Å². The van der Waals surface area contributed by atoms with Gasteiger partial charge in [-0.05, 0) is 44.7 Å². The predicted octanol–water partition coefficient (Wildman–Crippen LogP) is 1.53. The lowest BCUT2D eigenvalue weighted by Gasteiger charge is -2.33. The van der Waals surface area contributed by atoms with E-state index in [0.29, 0.717) is 25.9 Å². The van der Waals surface area contributed by atoms with E-state index in [1.165, 1.54) is 0 Å². The summed E-state index contributed by atoms with van der Waals surface area (Å²) >= 11 is 0. The lowest BCUT2D eigenvalue weighted by atomic mass is 10.0. The second-order valence-electron chi connectivity index (χ2n) is 6.59. The second kappa shape index (κ2) is 8.65. The van der Waals surface area contributed by atoms with Gasteiger partial charge in [0.25, 0.3) is 0 Å². The van der Waals surface area contributed by atoms with E-state index in [1.807, 2.05) is 31.2 Å². The maximum atomic E-state index is 12.7. The molecule has 0 bridgehead atoms. The molecule has 2 aliphatic heterocycles. The van der Waals surface area contributed by atoms with Crippen LogP contribution >= 0.6 is 12.4 Å². The highest BCUT2D eigenvalue weighted by Gasteiger charge is 2.35. The Morgan fingerprint density at radius 3 is 2.64 bits per heavy atom. The zero-order chi connectivity index (χ0) is 17.1. The van der Waals surface area contributed by atoms with E-state index in [1.54, 1.807) is 4.90 Å². The number of carbonyl (C=O) groups is 2. The first-order valence-corrected chi connectivity index (χ1v) is 8.62. The van der Waals surface area contributed by atoms with E-state index in [9.17, 15) is 9.59 Å². The van der Waals surface area contributed by atoms with Gasteiger partial charge in [0.2, 0.25) is 11.8 Å². The molecule has 0 spiro atoms. The van der Waals surface area contributed by atoms with E-state index in [2.05, 4.69) is 5.32 Å². The Kier molecular flexibility index (Phi) is 6.81. The number of nitrogens with one attached hydrogen (secondary N) is 1. The maximum absolute atomic E-state index is 12.7. The number of piperidine rings is 1. The largest absolute Gasteiger partial charge is 0.364 e. The Morgan fingerprint density at radius 1 is 1.28 bits per heavy atom. The SMILES string of the molecule is Cc1ccc(N2CCCC(NC(=O)[C@@H]3CC[C@H](CN)O3)C2=O)cc1.Cl. The lowest BCUT2D eigenvalue weighted by molar-refractivity contribution is -0.135. The van der Waals surface area contributed by atoms with Crippen LogP contribution in [0, 0.1) is 6.92 Å². The minimum Gasteiger partial charge on any atom is -0.364 e. The molecule has 1 unspecified atom stereocenters. The van der Waals surface area contributed by atoms with Crippen molar-refractivity contribution in [2.24, 2.45) is 5.73 Å². The third-order valence-electron chi connectivity index (χ3n) is 4.76. The fourth-order valence-electron chi connectivity index (χ4n) is 3.33. The van der Waals surface area contributed by atoms with E-state index in [4.69, 9.17) is 10.5 Å². The van der Waals surface area contributed by atoms with Gasteiger partial charge in [0, 0.05) is 18.8 Å². The molecule has 2 fully saturated rings. The highest BCUT2D eigenvalue weighted by atomic mass is 35.5. The Bertz CT molecular complexity index is 608. The minimum absolute atomic E-state index is 0. The van der Waals surface area contributed by atoms with Crippen LogP contribution in [0.4, 0.5) is 5.69 Å². The van der Waals surface area contributed by atoms with E-state index in [0.717, 1.165) is 24.1 Å². The van der Waals surface area contributed by atoms with Gasteiger partial charge < -0.3 is 20.7 Å². The molecule has 3 atom stereocenters. The number of anilines is 1. The molecule has 2 saturated heterocycles. The summed E-state index contributed by atoms with van der Waals surface area (Å²) in [5, 5.41) is 2.87. The summed E-state index contributed by atoms with van der Waals surface area (Å²) in [5.41, 5.74) is 7.61. The Labute approximate surface area is 154 Å². The van der Waals surface area contributed by atoms with Crippen LogP contribution < -0.4 is 16.0 Å². The van der Waals surface area contributed by atoms with Crippen LogP contribution in [-0.4, -0.2) is 43.2 Å². The molecule has 25 heavy (non-hydrogen) atoms. The molecular weight excluding hydrogens is 342 g/mol. The van der Waals surface area contributed by atoms with Gasteiger partial charge in [0.05, 0.1) is 6.10 Å². The van der Waals surface area contributed by atoms with Crippen molar-refractivity contribution in [2.45, 2.75) is 50.9 Å². The summed E-state index contributed by atoms with van der Waals surface area (Å²) in [7, 11) is 0. The molecule has 0 saturated carbocycles. The van der Waals surface area contributed by atoms with Crippen LogP contribution in [-0.2, 0) is 14.3 Å². The zero-order valence-corrected chi connectivity index (χ0v) is 15.3. The van der Waals surface area contributed by atoms with Crippen molar-refractivity contribution in [3.63, 3.8) is 0 Å². The first-order valence-electron chi connectivity index (χ1n) is 8.62. The quantitative estimate of drug-likeness (QED) is 0.845. The monoisotopic (exact) mass is 367 g/mol. The van der Waals surface area contributed by atoms with E-state index in [-0.39, 0.29) is 30.3 Å². The lowest BCUT2D eigenvalue weighted by Crippen LogP contribution is -2.54. The molecule has 138 valence electrons. The number of halogens is 1. The molecule has 0 aliphatic carbocycles. The summed E-state index contributed by atoms with van der Waals surface area (Å²) in [4.78, 5) is 26.8. The van der Waals surface area contributed by atoms with Gasteiger partial charge in [-0.1, -0.05) is 17.7 Å². The molecule has 3 rings (SSSR count). The fourth-order valence-corrected chi connectivity index (χ4v) is 3.33. The number of nitrogens with two attached hydrogens (primary N) is 1. The van der Waals surface area contributed by atoms with Crippen LogP contribution in [0.2, 0.25) is 0 Å². The van der Waals surface area contributed by atoms with Crippen LogP contribution in [0.15, 0.2) is 24.3 Å². The summed E-state index contributed by atoms with van der Waals surface area (Å²) in [6.45, 7) is 3.12. The Hall–Kier alpha value is -1.63. The number of nitrogens with zero attached hydrogens (tertiary/aromatic N) is 1. The van der Waals surface area contributed by atoms with Crippen LogP contribution in [0.5, 0.6) is 0 Å². The number of rotatable bonds is 4. The number of ether oxygens (including phenoxy) is 1. The van der Waals surface area contributed by atoms with Gasteiger partial charge in [0.15, 0.2) is 0 Å². The van der Waals surface area contributed by atoms with Crippen LogP contribution in [0.25, 0.3) is 0 Å². The molecule has 0 radical (unpaired) electrons. The third-order valence-corrected chi connectivity index (χ3v) is 4.76. The van der Waals surface area contributed by atoms with Crippen molar-refractivity contribution in [3.8, 4) is 0 Å². The molecule has 6 nitrogen and oxygen atoms in total. The van der Waals surface area contributed by atoms with Gasteiger partial charge in [-0.15, -0.1) is 12.4 Å². The second-order valence-corrected chi connectivity index (χ2v) is 6.59. The highest BCUT2D eigenvalue weighted by Crippen LogP contribution is 2.23. The van der Waals surface area contributed by atoms with Crippen molar-refractivity contribution in [2.75, 3.05) is 18.0 Å². The topological polar surface area (TPSA) is 84.7 Å². The first kappa shape index (κ1) is 19.7. The summed E-state index contributed by atoms with van der Waals surface area (Å²) in [6, 6.07) is 7.40.